The fourth-order valence-corrected chi connectivity index (χ4v) is 1.80. The van der Waals surface area contributed by atoms with Crippen LogP contribution in [0.25, 0.3) is 22.3 Å². The van der Waals surface area contributed by atoms with E-state index < -0.39 is 5.82 Å². The number of halogens is 1. The van der Waals surface area contributed by atoms with Crippen LogP contribution in [0.1, 0.15) is 0 Å². The number of nitrogens with two attached hydrogens (primary N) is 1. The number of fused-ring (bicyclic) bond motifs is 1. The lowest BCUT2D eigenvalue weighted by atomic mass is 10.1. The van der Waals surface area contributed by atoms with Gasteiger partial charge >= 0.3 is 0 Å². The van der Waals surface area contributed by atoms with Crippen LogP contribution in [0, 0.1) is 5.82 Å². The van der Waals surface area contributed by atoms with E-state index in [-0.39, 0.29) is 5.69 Å². The third-order valence-electron chi connectivity index (χ3n) is 2.71. The first-order chi connectivity index (χ1) is 8.24. The maximum atomic E-state index is 13.4. The zero-order valence-electron chi connectivity index (χ0n) is 8.98. The fraction of sp³-hybridized carbons (Fsp3) is 0. The minimum absolute atomic E-state index is 0.143. The van der Waals surface area contributed by atoms with Crippen molar-refractivity contribution in [1.29, 1.82) is 0 Å². The molecular weight excluding hydrogens is 217 g/mol. The van der Waals surface area contributed by atoms with Crippen molar-refractivity contribution >= 4 is 16.7 Å². The summed E-state index contributed by atoms with van der Waals surface area (Å²) in [7, 11) is 0. The average molecular weight is 227 g/mol. The Balaban J connectivity index is 2.17. The van der Waals surface area contributed by atoms with E-state index in [1.807, 2.05) is 30.3 Å². The zero-order valence-corrected chi connectivity index (χ0v) is 8.98. The van der Waals surface area contributed by atoms with E-state index >= 15 is 0 Å². The SMILES string of the molecule is Nc1ccc(-c2cc3ccccc3o2)cc1F. The van der Waals surface area contributed by atoms with Gasteiger partial charge in [0.25, 0.3) is 0 Å². The number of furan rings is 1. The average Bonchev–Trinajstić information content (AvgIpc) is 2.76. The van der Waals surface area contributed by atoms with Crippen LogP contribution in [0.2, 0.25) is 0 Å². The monoisotopic (exact) mass is 227 g/mol. The van der Waals surface area contributed by atoms with Crippen LogP contribution in [0.4, 0.5) is 10.1 Å². The first-order valence-electron chi connectivity index (χ1n) is 5.28. The third kappa shape index (κ3) is 1.65. The molecular formula is C14H10FNO. The molecule has 3 rings (SSSR count). The van der Waals surface area contributed by atoms with E-state index in [2.05, 4.69) is 0 Å². The van der Waals surface area contributed by atoms with Gasteiger partial charge in [0, 0.05) is 10.9 Å². The molecule has 0 aliphatic carbocycles. The van der Waals surface area contributed by atoms with E-state index in [1.54, 1.807) is 6.07 Å². The molecule has 0 bridgehead atoms. The van der Waals surface area contributed by atoms with Crippen LogP contribution in [-0.2, 0) is 0 Å². The normalized spacial score (nSPS) is 10.9. The molecule has 0 fully saturated rings. The van der Waals surface area contributed by atoms with Crippen LogP contribution in [0.5, 0.6) is 0 Å². The van der Waals surface area contributed by atoms with Crippen LogP contribution in [0.3, 0.4) is 0 Å². The molecule has 2 nitrogen and oxygen atoms in total. The molecule has 0 spiro atoms. The minimum atomic E-state index is -0.428. The van der Waals surface area contributed by atoms with Gasteiger partial charge in [-0.15, -0.1) is 0 Å². The molecule has 2 aromatic carbocycles. The second-order valence-corrected chi connectivity index (χ2v) is 3.88. The molecule has 0 saturated carbocycles. The van der Waals surface area contributed by atoms with Crippen molar-refractivity contribution in [2.24, 2.45) is 0 Å². The van der Waals surface area contributed by atoms with Crippen LogP contribution < -0.4 is 5.73 Å². The second kappa shape index (κ2) is 3.63. The topological polar surface area (TPSA) is 39.2 Å². The van der Waals surface area contributed by atoms with Gasteiger partial charge in [0.05, 0.1) is 5.69 Å². The minimum Gasteiger partial charge on any atom is -0.456 e. The Morgan fingerprint density at radius 3 is 2.59 bits per heavy atom. The summed E-state index contributed by atoms with van der Waals surface area (Å²) in [6.45, 7) is 0. The molecule has 0 amide bonds. The molecule has 0 aliphatic heterocycles. The Labute approximate surface area is 97.5 Å². The highest BCUT2D eigenvalue weighted by atomic mass is 19.1. The summed E-state index contributed by atoms with van der Waals surface area (Å²) in [6.07, 6.45) is 0. The smallest absolute Gasteiger partial charge is 0.146 e. The van der Waals surface area contributed by atoms with Gasteiger partial charge in [-0.2, -0.15) is 0 Å². The number of rotatable bonds is 1. The summed E-state index contributed by atoms with van der Waals surface area (Å²) in [4.78, 5) is 0. The van der Waals surface area contributed by atoms with Crippen molar-refractivity contribution in [2.75, 3.05) is 5.73 Å². The summed E-state index contributed by atoms with van der Waals surface area (Å²) in [5.41, 5.74) is 7.06. The Morgan fingerprint density at radius 2 is 1.82 bits per heavy atom. The first kappa shape index (κ1) is 9.90. The van der Waals surface area contributed by atoms with Crippen molar-refractivity contribution in [3.63, 3.8) is 0 Å². The molecule has 3 aromatic rings. The van der Waals surface area contributed by atoms with Crippen molar-refractivity contribution in [3.8, 4) is 11.3 Å². The van der Waals surface area contributed by atoms with E-state index in [9.17, 15) is 4.39 Å². The summed E-state index contributed by atoms with van der Waals surface area (Å²) >= 11 is 0. The molecule has 0 saturated heterocycles. The Morgan fingerprint density at radius 1 is 1.00 bits per heavy atom. The molecule has 0 unspecified atom stereocenters. The van der Waals surface area contributed by atoms with E-state index in [0.29, 0.717) is 11.3 Å². The fourth-order valence-electron chi connectivity index (χ4n) is 1.80. The summed E-state index contributed by atoms with van der Waals surface area (Å²) in [5.74, 6) is 0.216. The molecule has 2 N–H and O–H groups in total. The van der Waals surface area contributed by atoms with Crippen LogP contribution >= 0.6 is 0 Å². The van der Waals surface area contributed by atoms with Gasteiger partial charge < -0.3 is 10.2 Å². The van der Waals surface area contributed by atoms with Crippen molar-refractivity contribution < 1.29 is 8.81 Å². The Kier molecular flexibility index (Phi) is 2.11. The maximum absolute atomic E-state index is 13.4. The molecule has 0 atom stereocenters. The summed E-state index contributed by atoms with van der Waals surface area (Å²) < 4.78 is 19.0. The van der Waals surface area contributed by atoms with Crippen molar-refractivity contribution in [1.82, 2.24) is 0 Å². The second-order valence-electron chi connectivity index (χ2n) is 3.88. The third-order valence-corrected chi connectivity index (χ3v) is 2.71. The number of anilines is 1. The highest BCUT2D eigenvalue weighted by molar-refractivity contribution is 5.82. The maximum Gasteiger partial charge on any atom is 0.146 e. The Bertz CT molecular complexity index is 655. The molecule has 84 valence electrons. The highest BCUT2D eigenvalue weighted by Gasteiger charge is 2.07. The van der Waals surface area contributed by atoms with E-state index in [4.69, 9.17) is 10.2 Å². The number of hydrogen-bond donors (Lipinski definition) is 1. The molecule has 1 aromatic heterocycles. The van der Waals surface area contributed by atoms with Crippen LogP contribution in [0.15, 0.2) is 52.9 Å². The zero-order chi connectivity index (χ0) is 11.8. The quantitative estimate of drug-likeness (QED) is 0.642. The first-order valence-corrected chi connectivity index (χ1v) is 5.28. The van der Waals surface area contributed by atoms with E-state index in [0.717, 1.165) is 11.0 Å². The lowest BCUT2D eigenvalue weighted by Crippen LogP contribution is -1.89. The van der Waals surface area contributed by atoms with Gasteiger partial charge in [0.1, 0.15) is 17.2 Å². The summed E-state index contributed by atoms with van der Waals surface area (Å²) in [5, 5.41) is 1.000. The van der Waals surface area contributed by atoms with E-state index in [1.165, 1.54) is 12.1 Å². The van der Waals surface area contributed by atoms with Gasteiger partial charge in [-0.05, 0) is 30.3 Å². The standard InChI is InChI=1S/C14H10FNO/c15-11-7-10(5-6-12(11)16)14-8-9-3-1-2-4-13(9)17-14/h1-8H,16H2. The highest BCUT2D eigenvalue weighted by Crippen LogP contribution is 2.29. The lowest BCUT2D eigenvalue weighted by Gasteiger charge is -1.99. The van der Waals surface area contributed by atoms with Gasteiger partial charge in [0.15, 0.2) is 0 Å². The molecule has 17 heavy (non-hydrogen) atoms. The largest absolute Gasteiger partial charge is 0.456 e. The number of nitrogen functional groups attached to an aromatic ring is 1. The predicted molar refractivity (Wildman–Crippen MR) is 66.0 cm³/mol. The number of para-hydroxylation sites is 1. The van der Waals surface area contributed by atoms with Crippen molar-refractivity contribution in [3.05, 3.63) is 54.3 Å². The van der Waals surface area contributed by atoms with Gasteiger partial charge in [0.2, 0.25) is 0 Å². The lowest BCUT2D eigenvalue weighted by molar-refractivity contribution is 0.621. The molecule has 0 aliphatic rings. The predicted octanol–water partition coefficient (Wildman–Crippen LogP) is 3.82. The summed E-state index contributed by atoms with van der Waals surface area (Å²) in [6, 6.07) is 14.2. The van der Waals surface area contributed by atoms with Gasteiger partial charge in [-0.3, -0.25) is 0 Å². The number of hydrogen-bond acceptors (Lipinski definition) is 2. The Hall–Kier alpha value is -2.29. The van der Waals surface area contributed by atoms with Gasteiger partial charge in [-0.1, -0.05) is 18.2 Å². The van der Waals surface area contributed by atoms with Crippen LogP contribution in [-0.4, -0.2) is 0 Å². The molecule has 1 heterocycles. The molecule has 0 radical (unpaired) electrons. The van der Waals surface area contributed by atoms with Crippen molar-refractivity contribution in [2.45, 2.75) is 0 Å². The molecule has 3 heteroatoms. The van der Waals surface area contributed by atoms with Gasteiger partial charge in [-0.25, -0.2) is 4.39 Å². The number of benzene rings is 2.